The second kappa shape index (κ2) is 8.10. The van der Waals surface area contributed by atoms with Crippen molar-refractivity contribution in [2.75, 3.05) is 11.1 Å². The summed E-state index contributed by atoms with van der Waals surface area (Å²) in [5, 5.41) is 15.1. The highest BCUT2D eigenvalue weighted by Crippen LogP contribution is 2.31. The number of para-hydroxylation sites is 1. The Labute approximate surface area is 159 Å². The molecule has 1 heterocycles. The van der Waals surface area contributed by atoms with E-state index in [0.717, 1.165) is 11.8 Å². The van der Waals surface area contributed by atoms with E-state index in [0.29, 0.717) is 14.6 Å². The number of nitro benzene ring substituents is 1. The maximum atomic E-state index is 13.5. The van der Waals surface area contributed by atoms with E-state index in [1.165, 1.54) is 47.7 Å². The van der Waals surface area contributed by atoms with Crippen molar-refractivity contribution in [2.24, 2.45) is 0 Å². The number of nitro groups is 1. The van der Waals surface area contributed by atoms with Gasteiger partial charge in [0.25, 0.3) is 5.69 Å². The highest BCUT2D eigenvalue weighted by molar-refractivity contribution is 8.01. The Bertz CT molecular complexity index is 1040. The van der Waals surface area contributed by atoms with Crippen LogP contribution in [-0.2, 0) is 4.79 Å². The molecular formula is C16H11FN4O4S2. The van der Waals surface area contributed by atoms with Gasteiger partial charge < -0.3 is 5.32 Å². The zero-order chi connectivity index (χ0) is 19.4. The third-order valence-electron chi connectivity index (χ3n) is 3.26. The van der Waals surface area contributed by atoms with Gasteiger partial charge in [-0.05, 0) is 18.2 Å². The number of hydrogen-bond donors (Lipinski definition) is 2. The van der Waals surface area contributed by atoms with Gasteiger partial charge in [0.2, 0.25) is 5.91 Å². The lowest BCUT2D eigenvalue weighted by molar-refractivity contribution is -0.384. The number of halogens is 1. The second-order valence-corrected chi connectivity index (χ2v) is 7.41. The van der Waals surface area contributed by atoms with Crippen molar-refractivity contribution >= 4 is 56.6 Å². The fraction of sp³-hybridized carbons (Fsp3) is 0.0625. The molecule has 11 heteroatoms. The van der Waals surface area contributed by atoms with Crippen LogP contribution in [0, 0.1) is 15.9 Å². The predicted molar refractivity (Wildman–Crippen MR) is 101 cm³/mol. The number of aromatic nitrogens is 1. The zero-order valence-corrected chi connectivity index (χ0v) is 15.1. The number of anilines is 1. The molecule has 3 aromatic rings. The number of hydrogen-bond acceptors (Lipinski definition) is 7. The Balaban J connectivity index is 1.55. The molecule has 2 N–H and O–H groups in total. The Kier molecular flexibility index (Phi) is 5.62. The van der Waals surface area contributed by atoms with E-state index in [9.17, 15) is 24.1 Å². The molecule has 0 saturated carbocycles. The predicted octanol–water partition coefficient (Wildman–Crippen LogP) is 3.78. The quantitative estimate of drug-likeness (QED) is 0.379. The number of nitrogens with one attached hydrogen (secondary N) is 2. The number of imide groups is 1. The molecular weight excluding hydrogens is 395 g/mol. The number of non-ortho nitro benzene ring substituents is 1. The maximum absolute atomic E-state index is 13.5. The minimum Gasteiger partial charge on any atom is -0.305 e. The molecule has 0 aliphatic rings. The van der Waals surface area contributed by atoms with Gasteiger partial charge in [0.1, 0.15) is 5.82 Å². The molecule has 1 aromatic heterocycles. The third-order valence-corrected chi connectivity index (χ3v) is 5.43. The van der Waals surface area contributed by atoms with Gasteiger partial charge >= 0.3 is 6.03 Å². The number of rotatable bonds is 5. The van der Waals surface area contributed by atoms with Crippen molar-refractivity contribution in [3.8, 4) is 0 Å². The molecule has 0 fully saturated rings. The number of fused-ring (bicyclic) bond motifs is 1. The Morgan fingerprint density at radius 2 is 2.04 bits per heavy atom. The molecule has 138 valence electrons. The van der Waals surface area contributed by atoms with E-state index in [1.54, 1.807) is 6.07 Å². The van der Waals surface area contributed by atoms with E-state index in [2.05, 4.69) is 15.6 Å². The topological polar surface area (TPSA) is 114 Å². The van der Waals surface area contributed by atoms with Crippen molar-refractivity contribution in [3.05, 3.63) is 58.4 Å². The van der Waals surface area contributed by atoms with Gasteiger partial charge in [0.15, 0.2) is 4.34 Å². The van der Waals surface area contributed by atoms with E-state index in [1.807, 2.05) is 0 Å². The summed E-state index contributed by atoms with van der Waals surface area (Å²) in [6.07, 6.45) is 0. The van der Waals surface area contributed by atoms with Crippen molar-refractivity contribution in [1.82, 2.24) is 10.3 Å². The number of carbonyl (C=O) groups is 2. The van der Waals surface area contributed by atoms with Gasteiger partial charge in [-0.25, -0.2) is 14.2 Å². The van der Waals surface area contributed by atoms with Gasteiger partial charge in [0, 0.05) is 12.1 Å². The fourth-order valence-electron chi connectivity index (χ4n) is 2.07. The number of benzene rings is 2. The first-order valence-corrected chi connectivity index (χ1v) is 9.26. The van der Waals surface area contributed by atoms with Crippen LogP contribution < -0.4 is 10.6 Å². The molecule has 0 unspecified atom stereocenters. The van der Waals surface area contributed by atoms with E-state index in [-0.39, 0.29) is 17.1 Å². The summed E-state index contributed by atoms with van der Waals surface area (Å²) in [7, 11) is 0. The summed E-state index contributed by atoms with van der Waals surface area (Å²) in [5.41, 5.74) is 0.513. The number of carbonyl (C=O) groups excluding carboxylic acids is 2. The number of amides is 3. The van der Waals surface area contributed by atoms with Crippen molar-refractivity contribution in [3.63, 3.8) is 0 Å². The molecule has 0 atom stereocenters. The lowest BCUT2D eigenvalue weighted by atomic mass is 10.3. The lowest BCUT2D eigenvalue weighted by Crippen LogP contribution is -2.35. The van der Waals surface area contributed by atoms with Crippen molar-refractivity contribution in [2.45, 2.75) is 4.34 Å². The largest absolute Gasteiger partial charge is 0.325 e. The summed E-state index contributed by atoms with van der Waals surface area (Å²) in [6, 6.07) is 9.05. The molecule has 0 saturated heterocycles. The molecule has 0 aliphatic carbocycles. The molecule has 8 nitrogen and oxygen atoms in total. The Morgan fingerprint density at radius 1 is 1.26 bits per heavy atom. The van der Waals surface area contributed by atoms with Crippen LogP contribution in [-0.4, -0.2) is 27.6 Å². The molecule has 0 bridgehead atoms. The molecule has 0 radical (unpaired) electrons. The molecule has 3 rings (SSSR count). The molecule has 0 spiro atoms. The minimum atomic E-state index is -0.842. The molecule has 27 heavy (non-hydrogen) atoms. The summed E-state index contributed by atoms with van der Waals surface area (Å²) in [6.45, 7) is 0. The smallest absolute Gasteiger partial charge is 0.305 e. The minimum absolute atomic E-state index is 0.0368. The Morgan fingerprint density at radius 3 is 2.78 bits per heavy atom. The van der Waals surface area contributed by atoms with Crippen LogP contribution in [0.15, 0.2) is 46.8 Å². The van der Waals surface area contributed by atoms with E-state index >= 15 is 0 Å². The maximum Gasteiger partial charge on any atom is 0.325 e. The SMILES string of the molecule is O=C(CSc1nc2ccc([N+](=O)[O-])cc2s1)NC(=O)Nc1ccccc1F. The van der Waals surface area contributed by atoms with Crippen LogP contribution in [0.2, 0.25) is 0 Å². The highest BCUT2D eigenvalue weighted by Gasteiger charge is 2.14. The van der Waals surface area contributed by atoms with Crippen LogP contribution in [0.1, 0.15) is 0 Å². The Hall–Kier alpha value is -3.05. The lowest BCUT2D eigenvalue weighted by Gasteiger charge is -2.06. The van der Waals surface area contributed by atoms with Crippen LogP contribution >= 0.6 is 23.1 Å². The highest BCUT2D eigenvalue weighted by atomic mass is 32.2. The monoisotopic (exact) mass is 406 g/mol. The van der Waals surface area contributed by atoms with Gasteiger partial charge in [0.05, 0.1) is 26.6 Å². The number of urea groups is 1. The van der Waals surface area contributed by atoms with Crippen molar-refractivity contribution in [1.29, 1.82) is 0 Å². The molecule has 0 aliphatic heterocycles. The number of nitrogens with zero attached hydrogens (tertiary/aromatic N) is 2. The summed E-state index contributed by atoms with van der Waals surface area (Å²) >= 11 is 2.30. The average Bonchev–Trinajstić information content (AvgIpc) is 3.04. The van der Waals surface area contributed by atoms with E-state index in [4.69, 9.17) is 0 Å². The summed E-state index contributed by atoms with van der Waals surface area (Å²) < 4.78 is 14.6. The van der Waals surface area contributed by atoms with Crippen LogP contribution in [0.3, 0.4) is 0 Å². The summed E-state index contributed by atoms with van der Waals surface area (Å²) in [5.74, 6) is -1.29. The summed E-state index contributed by atoms with van der Waals surface area (Å²) in [4.78, 5) is 38.2. The second-order valence-electron chi connectivity index (χ2n) is 5.16. The van der Waals surface area contributed by atoms with Gasteiger partial charge in [-0.3, -0.25) is 20.2 Å². The average molecular weight is 406 g/mol. The van der Waals surface area contributed by atoms with Crippen LogP contribution in [0.5, 0.6) is 0 Å². The first kappa shape index (κ1) is 18.7. The third kappa shape index (κ3) is 4.77. The standard InChI is InChI=1S/C16H11FN4O4S2/c17-10-3-1-2-4-11(10)18-15(23)20-14(22)8-26-16-19-12-6-5-9(21(24)25)7-13(12)27-16/h1-7H,8H2,(H2,18,20,22,23). The van der Waals surface area contributed by atoms with Gasteiger partial charge in [-0.1, -0.05) is 23.9 Å². The number of thioether (sulfide) groups is 1. The normalized spacial score (nSPS) is 10.6. The first-order valence-electron chi connectivity index (χ1n) is 7.45. The zero-order valence-electron chi connectivity index (χ0n) is 13.5. The van der Waals surface area contributed by atoms with Gasteiger partial charge in [-0.2, -0.15) is 0 Å². The van der Waals surface area contributed by atoms with E-state index < -0.39 is 22.7 Å². The van der Waals surface area contributed by atoms with Crippen LogP contribution in [0.4, 0.5) is 20.6 Å². The van der Waals surface area contributed by atoms with Gasteiger partial charge in [-0.15, -0.1) is 11.3 Å². The number of thiazole rings is 1. The van der Waals surface area contributed by atoms with Crippen molar-refractivity contribution < 1.29 is 18.9 Å². The molecule has 2 aromatic carbocycles. The van der Waals surface area contributed by atoms with Crippen LogP contribution in [0.25, 0.3) is 10.2 Å². The molecule has 3 amide bonds. The fourth-order valence-corrected chi connectivity index (χ4v) is 3.98. The first-order chi connectivity index (χ1) is 12.9.